The van der Waals surface area contributed by atoms with Crippen molar-refractivity contribution in [3.63, 3.8) is 0 Å². The minimum Gasteiger partial charge on any atom is -0.277 e. The molecule has 1 aliphatic heterocycles. The van der Waals surface area contributed by atoms with E-state index in [1.165, 1.54) is 0 Å². The Morgan fingerprint density at radius 3 is 1.64 bits per heavy atom. The molecule has 0 radical (unpaired) electrons. The van der Waals surface area contributed by atoms with Crippen molar-refractivity contribution in [2.75, 3.05) is 0 Å². The summed E-state index contributed by atoms with van der Waals surface area (Å²) < 4.78 is 0. The molecule has 0 atom stereocenters. The molecule has 0 bridgehead atoms. The maximum absolute atomic E-state index is 11.4. The van der Waals surface area contributed by atoms with Crippen molar-refractivity contribution in [3.8, 4) is 0 Å². The monoisotopic (exact) mass is 422 g/mol. The molecular formula is C8H12N2O3U. The van der Waals surface area contributed by atoms with Gasteiger partial charge < -0.3 is 0 Å². The molecule has 0 spiro atoms. The van der Waals surface area contributed by atoms with E-state index in [-0.39, 0.29) is 31.1 Å². The van der Waals surface area contributed by atoms with E-state index in [0.717, 1.165) is 0 Å². The summed E-state index contributed by atoms with van der Waals surface area (Å²) in [5.74, 6) is -0.988. The van der Waals surface area contributed by atoms with Crippen LogP contribution < -0.4 is 10.6 Å². The smallest absolute Gasteiger partial charge is 0.277 e. The van der Waals surface area contributed by atoms with Crippen molar-refractivity contribution in [1.82, 2.24) is 10.6 Å². The zero-order chi connectivity index (χ0) is 10.1. The summed E-state index contributed by atoms with van der Waals surface area (Å²) in [7, 11) is 0. The van der Waals surface area contributed by atoms with Crippen molar-refractivity contribution >= 4 is 17.8 Å². The van der Waals surface area contributed by atoms with E-state index >= 15 is 0 Å². The standard InChI is InChI=1S/C8H12N2O3.U/c1-3-8(4-2)5(11)9-7(13)10-6(8)12;/h3-4H2,1-2H3,(H2,9,10,11,12,13);. The number of carbonyl (C=O) groups excluding carboxylic acids is 3. The van der Waals surface area contributed by atoms with Crippen molar-refractivity contribution < 1.29 is 45.5 Å². The van der Waals surface area contributed by atoms with Gasteiger partial charge in [0.1, 0.15) is 5.41 Å². The number of imide groups is 2. The molecule has 1 fully saturated rings. The zero-order valence-electron chi connectivity index (χ0n) is 8.14. The fraction of sp³-hybridized carbons (Fsp3) is 0.625. The number of urea groups is 1. The Morgan fingerprint density at radius 2 is 1.36 bits per heavy atom. The molecule has 1 heterocycles. The van der Waals surface area contributed by atoms with E-state index in [0.29, 0.717) is 12.8 Å². The van der Waals surface area contributed by atoms with Crippen LogP contribution >= 0.6 is 0 Å². The second-order valence-corrected chi connectivity index (χ2v) is 3.03. The number of hydrogen-bond acceptors (Lipinski definition) is 3. The summed E-state index contributed by atoms with van der Waals surface area (Å²) in [5, 5.41) is 4.19. The van der Waals surface area contributed by atoms with Crippen LogP contribution in [0.4, 0.5) is 4.79 Å². The SMILES string of the molecule is CCC1(CC)C(=O)NC(=O)NC1=O.[U]. The molecule has 2 N–H and O–H groups in total. The molecule has 4 amide bonds. The van der Waals surface area contributed by atoms with Gasteiger partial charge in [-0.15, -0.1) is 0 Å². The van der Waals surface area contributed by atoms with Gasteiger partial charge in [-0.05, 0) is 12.8 Å². The van der Waals surface area contributed by atoms with E-state index in [4.69, 9.17) is 0 Å². The first-order chi connectivity index (χ1) is 6.06. The molecule has 0 aromatic heterocycles. The van der Waals surface area contributed by atoms with Crippen LogP contribution in [0.15, 0.2) is 0 Å². The quantitative estimate of drug-likeness (QED) is 0.623. The van der Waals surface area contributed by atoms with Gasteiger partial charge in [-0.1, -0.05) is 13.8 Å². The third-order valence-corrected chi connectivity index (χ3v) is 2.53. The zero-order valence-corrected chi connectivity index (χ0v) is 12.3. The summed E-state index contributed by atoms with van der Waals surface area (Å²) >= 11 is 0. The number of amides is 4. The van der Waals surface area contributed by atoms with Crippen LogP contribution in [0.25, 0.3) is 0 Å². The van der Waals surface area contributed by atoms with E-state index < -0.39 is 23.3 Å². The maximum atomic E-state index is 11.4. The molecule has 1 rings (SSSR count). The molecule has 6 heteroatoms. The summed E-state index contributed by atoms with van der Waals surface area (Å²) in [6.07, 6.45) is 0.795. The van der Waals surface area contributed by atoms with E-state index in [1.807, 2.05) is 0 Å². The fourth-order valence-electron chi connectivity index (χ4n) is 1.47. The average Bonchev–Trinajstić information content (AvgIpc) is 2.05. The molecule has 76 valence electrons. The van der Waals surface area contributed by atoms with Crippen molar-refractivity contribution in [1.29, 1.82) is 0 Å². The van der Waals surface area contributed by atoms with Gasteiger partial charge in [0.15, 0.2) is 0 Å². The number of rotatable bonds is 2. The van der Waals surface area contributed by atoms with Crippen molar-refractivity contribution in [2.24, 2.45) is 5.41 Å². The summed E-state index contributed by atoms with van der Waals surface area (Å²) in [6, 6.07) is -0.729. The molecule has 5 nitrogen and oxygen atoms in total. The molecule has 1 saturated heterocycles. The van der Waals surface area contributed by atoms with Crippen LogP contribution in [0.3, 0.4) is 0 Å². The normalized spacial score (nSPS) is 19.4. The molecule has 0 aromatic rings. The Kier molecular flexibility index (Phi) is 4.83. The van der Waals surface area contributed by atoms with Gasteiger partial charge in [0.2, 0.25) is 11.8 Å². The van der Waals surface area contributed by atoms with Gasteiger partial charge in [-0.2, -0.15) is 0 Å². The minimum absolute atomic E-state index is 0. The van der Waals surface area contributed by atoms with Crippen LogP contribution in [-0.4, -0.2) is 17.8 Å². The topological polar surface area (TPSA) is 75.3 Å². The second kappa shape index (κ2) is 4.94. The largest absolute Gasteiger partial charge is 0.328 e. The first kappa shape index (κ1) is 13.7. The van der Waals surface area contributed by atoms with E-state index in [1.54, 1.807) is 13.8 Å². The first-order valence-corrected chi connectivity index (χ1v) is 4.23. The number of barbiturate groups is 1. The van der Waals surface area contributed by atoms with Crippen LogP contribution in [-0.2, 0) is 9.59 Å². The van der Waals surface area contributed by atoms with Gasteiger partial charge in [0.05, 0.1) is 0 Å². The average molecular weight is 422 g/mol. The fourth-order valence-corrected chi connectivity index (χ4v) is 1.47. The van der Waals surface area contributed by atoms with E-state index in [2.05, 4.69) is 10.6 Å². The minimum atomic E-state index is -1.06. The van der Waals surface area contributed by atoms with Crippen LogP contribution in [0.2, 0.25) is 0 Å². The van der Waals surface area contributed by atoms with Crippen molar-refractivity contribution in [3.05, 3.63) is 0 Å². The maximum Gasteiger partial charge on any atom is 0.328 e. The predicted octanol–water partition coefficient (Wildman–Crippen LogP) is 0.159. The summed E-state index contributed by atoms with van der Waals surface area (Å²) in [5.41, 5.74) is -1.06. The van der Waals surface area contributed by atoms with Crippen molar-refractivity contribution in [2.45, 2.75) is 26.7 Å². The first-order valence-electron chi connectivity index (χ1n) is 4.23. The second-order valence-electron chi connectivity index (χ2n) is 3.03. The summed E-state index contributed by atoms with van der Waals surface area (Å²) in [6.45, 7) is 3.50. The summed E-state index contributed by atoms with van der Waals surface area (Å²) in [4.78, 5) is 33.6. The van der Waals surface area contributed by atoms with Gasteiger partial charge in [0.25, 0.3) is 0 Å². The third-order valence-electron chi connectivity index (χ3n) is 2.53. The molecular weight excluding hydrogens is 410 g/mol. The number of hydrogen-bond donors (Lipinski definition) is 2. The Bertz CT molecular complexity index is 252. The Hall–Kier alpha value is -0.338. The van der Waals surface area contributed by atoms with Crippen LogP contribution in [0.5, 0.6) is 0 Å². The Labute approximate surface area is 106 Å². The predicted molar refractivity (Wildman–Crippen MR) is 44.7 cm³/mol. The molecule has 0 aromatic carbocycles. The third kappa shape index (κ3) is 2.01. The molecule has 0 unspecified atom stereocenters. The molecule has 0 saturated carbocycles. The Morgan fingerprint density at radius 1 is 1.00 bits per heavy atom. The Balaban J connectivity index is 0.00000169. The van der Waals surface area contributed by atoms with Gasteiger partial charge in [0, 0.05) is 31.1 Å². The molecule has 0 aliphatic carbocycles. The van der Waals surface area contributed by atoms with Gasteiger partial charge in [-0.3, -0.25) is 20.2 Å². The molecule has 1 aliphatic rings. The van der Waals surface area contributed by atoms with E-state index in [9.17, 15) is 14.4 Å². The number of carbonyl (C=O) groups is 3. The van der Waals surface area contributed by atoms with Gasteiger partial charge in [-0.25, -0.2) is 4.79 Å². The van der Waals surface area contributed by atoms with Crippen LogP contribution in [0, 0.1) is 36.5 Å². The number of nitrogens with one attached hydrogen (secondary N) is 2. The van der Waals surface area contributed by atoms with Gasteiger partial charge >= 0.3 is 6.03 Å². The van der Waals surface area contributed by atoms with Crippen LogP contribution in [0.1, 0.15) is 26.7 Å². The molecule has 14 heavy (non-hydrogen) atoms.